The number of benzene rings is 3. The highest BCUT2D eigenvalue weighted by Crippen LogP contribution is 2.28. The summed E-state index contributed by atoms with van der Waals surface area (Å²) in [5, 5.41) is 15.5. The lowest BCUT2D eigenvalue weighted by Gasteiger charge is -2.34. The molecule has 9 nitrogen and oxygen atoms in total. The molecule has 2 N–H and O–H groups in total. The minimum Gasteiger partial charge on any atom is -0.340 e. The third-order valence-corrected chi connectivity index (χ3v) is 6.80. The Morgan fingerprint density at radius 1 is 1.00 bits per heavy atom. The fourth-order valence-electron chi connectivity index (χ4n) is 4.73. The summed E-state index contributed by atoms with van der Waals surface area (Å²) in [6, 6.07) is 23.3. The fraction of sp³-hybridized carbons (Fsp3) is 0.233. The average molecular weight is 520 g/mol. The smallest absolute Gasteiger partial charge is 0.252 e. The number of hydrogen-bond donors (Lipinski definition) is 2. The van der Waals surface area contributed by atoms with Crippen LogP contribution in [0.15, 0.2) is 72.9 Å². The van der Waals surface area contributed by atoms with Gasteiger partial charge in [-0.1, -0.05) is 42.5 Å². The van der Waals surface area contributed by atoms with E-state index in [9.17, 15) is 9.59 Å². The number of nitriles is 1. The van der Waals surface area contributed by atoms with Crippen LogP contribution in [-0.4, -0.2) is 64.3 Å². The van der Waals surface area contributed by atoms with Gasteiger partial charge in [0.25, 0.3) is 5.91 Å². The van der Waals surface area contributed by atoms with Crippen LogP contribution in [0.1, 0.15) is 22.8 Å². The molecule has 0 atom stereocenters. The van der Waals surface area contributed by atoms with Crippen LogP contribution in [0.25, 0.3) is 22.0 Å². The molecule has 2 heterocycles. The second kappa shape index (κ2) is 11.7. The molecule has 2 amide bonds. The summed E-state index contributed by atoms with van der Waals surface area (Å²) < 4.78 is 0. The normalized spacial score (nSPS) is 13.6. The van der Waals surface area contributed by atoms with Crippen LogP contribution in [0.3, 0.4) is 0 Å². The monoisotopic (exact) mass is 519 g/mol. The Balaban J connectivity index is 1.32. The molecule has 0 unspecified atom stereocenters. The van der Waals surface area contributed by atoms with E-state index in [4.69, 9.17) is 10.2 Å². The lowest BCUT2D eigenvalue weighted by Crippen LogP contribution is -2.47. The van der Waals surface area contributed by atoms with Crippen LogP contribution in [-0.2, 0) is 11.3 Å². The van der Waals surface area contributed by atoms with Crippen LogP contribution < -0.4 is 10.6 Å². The van der Waals surface area contributed by atoms with Crippen LogP contribution in [0, 0.1) is 11.3 Å². The van der Waals surface area contributed by atoms with Crippen molar-refractivity contribution in [1.82, 2.24) is 25.1 Å². The van der Waals surface area contributed by atoms with Crippen molar-refractivity contribution in [3.05, 3.63) is 84.1 Å². The zero-order valence-electron chi connectivity index (χ0n) is 21.7. The van der Waals surface area contributed by atoms with Gasteiger partial charge < -0.3 is 15.5 Å². The van der Waals surface area contributed by atoms with E-state index >= 15 is 0 Å². The van der Waals surface area contributed by atoms with E-state index in [0.717, 1.165) is 60.4 Å². The molecular formula is C30H29N7O2. The molecule has 39 heavy (non-hydrogen) atoms. The number of carbonyl (C=O) groups excluding carboxylic acids is 2. The highest BCUT2D eigenvalue weighted by Gasteiger charge is 2.18. The van der Waals surface area contributed by atoms with E-state index in [1.165, 1.54) is 5.56 Å². The van der Waals surface area contributed by atoms with Gasteiger partial charge in [-0.3, -0.25) is 14.5 Å². The first-order valence-electron chi connectivity index (χ1n) is 12.9. The van der Waals surface area contributed by atoms with Crippen molar-refractivity contribution in [2.75, 3.05) is 38.0 Å². The van der Waals surface area contributed by atoms with Crippen molar-refractivity contribution < 1.29 is 9.59 Å². The van der Waals surface area contributed by atoms with Gasteiger partial charge >= 0.3 is 0 Å². The van der Waals surface area contributed by atoms with Crippen molar-refractivity contribution >= 4 is 34.4 Å². The van der Waals surface area contributed by atoms with Gasteiger partial charge in [-0.05, 0) is 35.4 Å². The lowest BCUT2D eigenvalue weighted by molar-refractivity contribution is -0.130. The molecule has 0 spiro atoms. The second-order valence-corrected chi connectivity index (χ2v) is 9.46. The Labute approximate surface area is 227 Å². The number of para-hydroxylation sites is 1. The Morgan fingerprint density at radius 2 is 1.77 bits per heavy atom. The van der Waals surface area contributed by atoms with Gasteiger partial charge in [0.05, 0.1) is 11.6 Å². The molecular weight excluding hydrogens is 490 g/mol. The molecule has 1 aliphatic heterocycles. The summed E-state index contributed by atoms with van der Waals surface area (Å²) in [6.45, 7) is 5.65. The van der Waals surface area contributed by atoms with Gasteiger partial charge in [0.2, 0.25) is 11.9 Å². The maximum absolute atomic E-state index is 12.1. The van der Waals surface area contributed by atoms with E-state index < -0.39 is 0 Å². The maximum atomic E-state index is 12.1. The first-order chi connectivity index (χ1) is 19.0. The number of rotatable bonds is 7. The highest BCUT2D eigenvalue weighted by atomic mass is 16.2. The third kappa shape index (κ3) is 6.20. The largest absolute Gasteiger partial charge is 0.340 e. The molecule has 0 bridgehead atoms. The van der Waals surface area contributed by atoms with Crippen LogP contribution in [0.2, 0.25) is 0 Å². The number of anilines is 2. The molecule has 0 aliphatic carbocycles. The van der Waals surface area contributed by atoms with Crippen molar-refractivity contribution in [3.8, 4) is 17.2 Å². The molecule has 196 valence electrons. The Hall–Kier alpha value is -4.81. The molecule has 5 rings (SSSR count). The second-order valence-electron chi connectivity index (χ2n) is 9.46. The number of fused-ring (bicyclic) bond motifs is 1. The molecule has 1 saturated heterocycles. The van der Waals surface area contributed by atoms with Crippen molar-refractivity contribution in [2.24, 2.45) is 0 Å². The zero-order valence-corrected chi connectivity index (χ0v) is 21.7. The molecule has 1 aliphatic rings. The molecule has 1 aromatic heterocycles. The minimum atomic E-state index is -0.282. The standard InChI is InChI=1S/C30H29N7O2/c1-21(38)37-16-14-36(15-17-37)20-22-4-2-6-26(18-22)34-30-33-19-25-5-3-7-27(28(25)35-30)23-8-10-24(11-9-23)29(39)32-13-12-31/h2-11,18-19H,13-17,20H2,1H3,(H,32,39)(H,33,34,35). The fourth-order valence-corrected chi connectivity index (χ4v) is 4.73. The summed E-state index contributed by atoms with van der Waals surface area (Å²) in [5.41, 5.74) is 5.23. The van der Waals surface area contributed by atoms with Gasteiger partial charge in [-0.25, -0.2) is 9.97 Å². The summed E-state index contributed by atoms with van der Waals surface area (Å²) in [6.07, 6.45) is 1.80. The lowest BCUT2D eigenvalue weighted by atomic mass is 10.0. The number of nitrogens with one attached hydrogen (secondary N) is 2. The van der Waals surface area contributed by atoms with E-state index in [1.54, 1.807) is 25.3 Å². The molecule has 0 radical (unpaired) electrons. The van der Waals surface area contributed by atoms with E-state index in [0.29, 0.717) is 11.5 Å². The predicted molar refractivity (Wildman–Crippen MR) is 150 cm³/mol. The zero-order chi connectivity index (χ0) is 27.2. The number of nitrogens with zero attached hydrogens (tertiary/aromatic N) is 5. The van der Waals surface area contributed by atoms with Gasteiger partial charge in [0, 0.05) is 68.0 Å². The van der Waals surface area contributed by atoms with Gasteiger partial charge in [-0.15, -0.1) is 0 Å². The first kappa shape index (κ1) is 25.8. The maximum Gasteiger partial charge on any atom is 0.252 e. The minimum absolute atomic E-state index is 0.0301. The summed E-state index contributed by atoms with van der Waals surface area (Å²) in [4.78, 5) is 37.3. The van der Waals surface area contributed by atoms with Crippen molar-refractivity contribution in [1.29, 1.82) is 5.26 Å². The van der Waals surface area contributed by atoms with Gasteiger partial charge in [-0.2, -0.15) is 5.26 Å². The molecule has 9 heteroatoms. The van der Waals surface area contributed by atoms with Gasteiger partial charge in [0.15, 0.2) is 0 Å². The van der Waals surface area contributed by atoms with Crippen LogP contribution in [0.4, 0.5) is 11.6 Å². The SMILES string of the molecule is CC(=O)N1CCN(Cc2cccc(Nc3ncc4cccc(-c5ccc(C(=O)NCC#N)cc5)c4n3)c2)CC1. The molecule has 4 aromatic rings. The average Bonchev–Trinajstić information content (AvgIpc) is 2.96. The molecule has 1 fully saturated rings. The Bertz CT molecular complexity index is 1540. The van der Waals surface area contributed by atoms with Gasteiger partial charge in [0.1, 0.15) is 6.54 Å². The van der Waals surface area contributed by atoms with E-state index in [-0.39, 0.29) is 18.4 Å². The third-order valence-electron chi connectivity index (χ3n) is 6.80. The summed E-state index contributed by atoms with van der Waals surface area (Å²) in [5.74, 6) is 0.348. The molecule has 0 saturated carbocycles. The van der Waals surface area contributed by atoms with E-state index in [2.05, 4.69) is 32.7 Å². The van der Waals surface area contributed by atoms with Crippen LogP contribution >= 0.6 is 0 Å². The highest BCUT2D eigenvalue weighted by molar-refractivity contribution is 5.97. The predicted octanol–water partition coefficient (Wildman–Crippen LogP) is 3.96. The number of amides is 2. The number of hydrogen-bond acceptors (Lipinski definition) is 7. The van der Waals surface area contributed by atoms with Crippen molar-refractivity contribution in [2.45, 2.75) is 13.5 Å². The molecule has 3 aromatic carbocycles. The quantitative estimate of drug-likeness (QED) is 0.355. The first-order valence-corrected chi connectivity index (χ1v) is 12.9. The summed E-state index contributed by atoms with van der Waals surface area (Å²) in [7, 11) is 0. The van der Waals surface area contributed by atoms with Crippen molar-refractivity contribution in [3.63, 3.8) is 0 Å². The number of aromatic nitrogens is 2. The Morgan fingerprint density at radius 3 is 2.51 bits per heavy atom. The topological polar surface area (TPSA) is 114 Å². The summed E-state index contributed by atoms with van der Waals surface area (Å²) >= 11 is 0. The number of piperazine rings is 1. The number of carbonyl (C=O) groups is 2. The Kier molecular flexibility index (Phi) is 7.75. The van der Waals surface area contributed by atoms with Crippen LogP contribution in [0.5, 0.6) is 0 Å². The van der Waals surface area contributed by atoms with E-state index in [1.807, 2.05) is 53.4 Å².